The van der Waals surface area contributed by atoms with Crippen molar-refractivity contribution in [3.63, 3.8) is 0 Å². The van der Waals surface area contributed by atoms with Crippen LogP contribution in [0.2, 0.25) is 0 Å². The summed E-state index contributed by atoms with van der Waals surface area (Å²) < 4.78 is 0. The second kappa shape index (κ2) is 10.7. The Hall–Kier alpha value is -3.06. The maximum Gasteiger partial charge on any atom is 0.225 e. The molecule has 7 heteroatoms. The molecule has 1 unspecified atom stereocenters. The standard InChI is InChI=1S/C26H31N5OS/c1-19-6-12-23(13-7-19)33-26-24(27-14-15-28-26)31-16-4-5-21(18-31)25(32)29-17-20-8-10-22(11-9-20)30(2)3/h6-15,21H,4-5,16-18H2,1-3H3,(H,29,32). The second-order valence-electron chi connectivity index (χ2n) is 8.66. The predicted octanol–water partition coefficient (Wildman–Crippen LogP) is 4.54. The highest BCUT2D eigenvalue weighted by Crippen LogP contribution is 2.34. The molecule has 172 valence electrons. The van der Waals surface area contributed by atoms with Gasteiger partial charge in [-0.2, -0.15) is 0 Å². The van der Waals surface area contributed by atoms with Crippen molar-refractivity contribution >= 4 is 29.2 Å². The summed E-state index contributed by atoms with van der Waals surface area (Å²) in [6.07, 6.45) is 5.31. The highest BCUT2D eigenvalue weighted by molar-refractivity contribution is 7.99. The highest BCUT2D eigenvalue weighted by atomic mass is 32.2. The lowest BCUT2D eigenvalue weighted by molar-refractivity contribution is -0.125. The molecule has 3 aromatic rings. The molecule has 1 aliphatic rings. The number of rotatable bonds is 7. The molecule has 1 fully saturated rings. The van der Waals surface area contributed by atoms with E-state index in [-0.39, 0.29) is 11.8 Å². The molecule has 0 spiro atoms. The minimum atomic E-state index is -0.0565. The summed E-state index contributed by atoms with van der Waals surface area (Å²) in [7, 11) is 4.04. The largest absolute Gasteiger partial charge is 0.378 e. The van der Waals surface area contributed by atoms with Crippen LogP contribution in [0.5, 0.6) is 0 Å². The lowest BCUT2D eigenvalue weighted by atomic mass is 9.97. The predicted molar refractivity (Wildman–Crippen MR) is 135 cm³/mol. The normalized spacial score (nSPS) is 15.8. The Morgan fingerprint density at radius 2 is 1.82 bits per heavy atom. The molecule has 1 amide bonds. The summed E-state index contributed by atoms with van der Waals surface area (Å²) >= 11 is 1.62. The number of anilines is 2. The van der Waals surface area contributed by atoms with E-state index in [0.717, 1.165) is 46.4 Å². The van der Waals surface area contributed by atoms with Gasteiger partial charge in [-0.25, -0.2) is 9.97 Å². The average molecular weight is 462 g/mol. The molecule has 6 nitrogen and oxygen atoms in total. The van der Waals surface area contributed by atoms with Crippen LogP contribution in [0.3, 0.4) is 0 Å². The van der Waals surface area contributed by atoms with Gasteiger partial charge in [0, 0.05) is 56.7 Å². The Labute approximate surface area is 200 Å². The molecule has 1 atom stereocenters. The monoisotopic (exact) mass is 461 g/mol. The number of nitrogens with one attached hydrogen (secondary N) is 1. The molecule has 0 aliphatic carbocycles. The number of carbonyl (C=O) groups is 1. The minimum Gasteiger partial charge on any atom is -0.378 e. The van der Waals surface area contributed by atoms with Gasteiger partial charge in [-0.3, -0.25) is 4.79 Å². The number of hydrogen-bond acceptors (Lipinski definition) is 6. The van der Waals surface area contributed by atoms with E-state index in [1.54, 1.807) is 24.2 Å². The van der Waals surface area contributed by atoms with Crippen molar-refractivity contribution in [1.82, 2.24) is 15.3 Å². The van der Waals surface area contributed by atoms with Crippen LogP contribution in [0, 0.1) is 12.8 Å². The molecule has 2 heterocycles. The van der Waals surface area contributed by atoms with Crippen molar-refractivity contribution < 1.29 is 4.79 Å². The number of piperidine rings is 1. The molecule has 0 saturated carbocycles. The first-order valence-corrected chi connectivity index (χ1v) is 12.2. The molecule has 1 N–H and O–H groups in total. The van der Waals surface area contributed by atoms with Gasteiger partial charge in [-0.15, -0.1) is 0 Å². The maximum atomic E-state index is 12.9. The van der Waals surface area contributed by atoms with Gasteiger partial charge in [-0.05, 0) is 49.6 Å². The Morgan fingerprint density at radius 1 is 1.09 bits per heavy atom. The van der Waals surface area contributed by atoms with Crippen molar-refractivity contribution in [2.24, 2.45) is 5.92 Å². The third kappa shape index (κ3) is 6.05. The van der Waals surface area contributed by atoms with Gasteiger partial charge >= 0.3 is 0 Å². The molecule has 0 radical (unpaired) electrons. The Balaban J connectivity index is 1.39. The van der Waals surface area contributed by atoms with Crippen molar-refractivity contribution in [3.05, 3.63) is 72.1 Å². The number of aryl methyl sites for hydroxylation is 1. The van der Waals surface area contributed by atoms with Crippen LogP contribution in [0.25, 0.3) is 0 Å². The zero-order valence-electron chi connectivity index (χ0n) is 19.5. The van der Waals surface area contributed by atoms with E-state index >= 15 is 0 Å². The van der Waals surface area contributed by atoms with E-state index in [0.29, 0.717) is 13.1 Å². The summed E-state index contributed by atoms with van der Waals surface area (Å²) in [6, 6.07) is 16.7. The average Bonchev–Trinajstić information content (AvgIpc) is 2.84. The Bertz CT molecular complexity index is 1070. The van der Waals surface area contributed by atoms with Crippen LogP contribution < -0.4 is 15.1 Å². The fourth-order valence-electron chi connectivity index (χ4n) is 3.95. The smallest absolute Gasteiger partial charge is 0.225 e. The maximum absolute atomic E-state index is 12.9. The molecule has 33 heavy (non-hydrogen) atoms. The number of amides is 1. The van der Waals surface area contributed by atoms with E-state index in [4.69, 9.17) is 0 Å². The van der Waals surface area contributed by atoms with Gasteiger partial charge in [0.1, 0.15) is 5.03 Å². The summed E-state index contributed by atoms with van der Waals surface area (Å²) in [6.45, 7) is 4.17. The van der Waals surface area contributed by atoms with Crippen molar-refractivity contribution in [2.75, 3.05) is 37.0 Å². The molecule has 4 rings (SSSR count). The third-order valence-electron chi connectivity index (χ3n) is 5.89. The summed E-state index contributed by atoms with van der Waals surface area (Å²) in [4.78, 5) is 27.6. The van der Waals surface area contributed by atoms with Crippen LogP contribution in [0.15, 0.2) is 70.8 Å². The summed E-state index contributed by atoms with van der Waals surface area (Å²) in [5, 5.41) is 4.01. The molecular weight excluding hydrogens is 430 g/mol. The SMILES string of the molecule is Cc1ccc(Sc2nccnc2N2CCCC(C(=O)NCc3ccc(N(C)C)cc3)C2)cc1. The lowest BCUT2D eigenvalue weighted by Gasteiger charge is -2.33. The van der Waals surface area contributed by atoms with Gasteiger partial charge in [0.05, 0.1) is 5.92 Å². The number of benzene rings is 2. The number of aromatic nitrogens is 2. The molecule has 1 aromatic heterocycles. The minimum absolute atomic E-state index is 0.0565. The Kier molecular flexibility index (Phi) is 7.50. The van der Waals surface area contributed by atoms with Gasteiger partial charge in [0.25, 0.3) is 0 Å². The summed E-state index contributed by atoms with van der Waals surface area (Å²) in [5.41, 5.74) is 3.49. The second-order valence-corrected chi connectivity index (χ2v) is 9.73. The molecule has 0 bridgehead atoms. The molecule has 2 aromatic carbocycles. The van der Waals surface area contributed by atoms with Crippen LogP contribution in [-0.2, 0) is 11.3 Å². The fourth-order valence-corrected chi connectivity index (χ4v) is 4.84. The highest BCUT2D eigenvalue weighted by Gasteiger charge is 2.28. The van der Waals surface area contributed by atoms with Crippen LogP contribution >= 0.6 is 11.8 Å². The summed E-state index contributed by atoms with van der Waals surface area (Å²) in [5.74, 6) is 0.909. The lowest BCUT2D eigenvalue weighted by Crippen LogP contribution is -2.43. The van der Waals surface area contributed by atoms with E-state index in [1.807, 2.05) is 14.1 Å². The molecule has 1 aliphatic heterocycles. The van der Waals surface area contributed by atoms with E-state index in [9.17, 15) is 4.79 Å². The topological polar surface area (TPSA) is 61.4 Å². The van der Waals surface area contributed by atoms with Crippen LogP contribution in [0.4, 0.5) is 11.5 Å². The van der Waals surface area contributed by atoms with Gasteiger partial charge in [-0.1, -0.05) is 41.6 Å². The van der Waals surface area contributed by atoms with E-state index in [1.165, 1.54) is 5.56 Å². The zero-order valence-corrected chi connectivity index (χ0v) is 20.3. The van der Waals surface area contributed by atoms with E-state index < -0.39 is 0 Å². The number of carbonyl (C=O) groups excluding carboxylic acids is 1. The van der Waals surface area contributed by atoms with Gasteiger partial charge in [0.15, 0.2) is 5.82 Å². The first-order valence-electron chi connectivity index (χ1n) is 11.3. The van der Waals surface area contributed by atoms with Crippen LogP contribution in [-0.4, -0.2) is 43.1 Å². The van der Waals surface area contributed by atoms with Crippen molar-refractivity contribution in [3.8, 4) is 0 Å². The van der Waals surface area contributed by atoms with Crippen molar-refractivity contribution in [2.45, 2.75) is 36.2 Å². The quantitative estimate of drug-likeness (QED) is 0.558. The molecule has 1 saturated heterocycles. The number of nitrogens with zero attached hydrogens (tertiary/aromatic N) is 4. The van der Waals surface area contributed by atoms with E-state index in [2.05, 4.69) is 80.5 Å². The van der Waals surface area contributed by atoms with Gasteiger partial charge < -0.3 is 15.1 Å². The Morgan fingerprint density at radius 3 is 2.55 bits per heavy atom. The molecular formula is C26H31N5OS. The third-order valence-corrected chi connectivity index (χ3v) is 6.88. The fraction of sp³-hybridized carbons (Fsp3) is 0.346. The first-order chi connectivity index (χ1) is 16.0. The first kappa shape index (κ1) is 23.1. The van der Waals surface area contributed by atoms with Crippen LogP contribution in [0.1, 0.15) is 24.0 Å². The van der Waals surface area contributed by atoms with Crippen molar-refractivity contribution in [1.29, 1.82) is 0 Å². The zero-order chi connectivity index (χ0) is 23.2. The van der Waals surface area contributed by atoms with Gasteiger partial charge in [0.2, 0.25) is 5.91 Å². The number of hydrogen-bond donors (Lipinski definition) is 1.